The second kappa shape index (κ2) is 8.64. The number of rotatable bonds is 6. The number of ether oxygens (including phenoxy) is 1. The highest BCUT2D eigenvalue weighted by atomic mass is 16.5. The fourth-order valence-electron chi connectivity index (χ4n) is 4.71. The summed E-state index contributed by atoms with van der Waals surface area (Å²) in [4.78, 5) is 17.7. The highest BCUT2D eigenvalue weighted by Gasteiger charge is 2.50. The Bertz CT molecular complexity index is 1450. The Hall–Kier alpha value is -4.59. The Kier molecular flexibility index (Phi) is 5.18. The number of aromatic nitrogens is 3. The Balaban J connectivity index is 1.54. The maximum absolute atomic E-state index is 14.1. The molecule has 8 heteroatoms. The number of methoxy groups -OCH3 is 1. The zero-order valence-corrected chi connectivity index (χ0v) is 19.1. The van der Waals surface area contributed by atoms with E-state index in [0.29, 0.717) is 12.3 Å². The van der Waals surface area contributed by atoms with Crippen LogP contribution in [0.4, 0.5) is 10.5 Å². The minimum atomic E-state index is -0.497. The van der Waals surface area contributed by atoms with Gasteiger partial charge in [-0.3, -0.25) is 9.80 Å². The molecule has 2 amide bonds. The second-order valence-electron chi connectivity index (χ2n) is 8.36. The lowest BCUT2D eigenvalue weighted by Gasteiger charge is -2.27. The molecule has 0 saturated carbocycles. The van der Waals surface area contributed by atoms with Crippen LogP contribution in [0.15, 0.2) is 102 Å². The van der Waals surface area contributed by atoms with Gasteiger partial charge in [-0.05, 0) is 54.1 Å². The van der Waals surface area contributed by atoms with E-state index in [0.717, 1.165) is 28.0 Å². The monoisotopic (exact) mass is 465 g/mol. The van der Waals surface area contributed by atoms with Crippen molar-refractivity contribution in [2.24, 2.45) is 0 Å². The number of benzene rings is 3. The summed E-state index contributed by atoms with van der Waals surface area (Å²) in [5.41, 5.74) is 3.37. The molecule has 5 aromatic rings. The van der Waals surface area contributed by atoms with E-state index in [-0.39, 0.29) is 6.03 Å². The number of amides is 2. The van der Waals surface area contributed by atoms with Crippen molar-refractivity contribution in [2.75, 3.05) is 12.0 Å². The number of para-hydroxylation sites is 1. The highest BCUT2D eigenvalue weighted by Crippen LogP contribution is 2.46. The van der Waals surface area contributed by atoms with Gasteiger partial charge < -0.3 is 9.15 Å². The second-order valence-corrected chi connectivity index (χ2v) is 8.36. The van der Waals surface area contributed by atoms with Gasteiger partial charge in [0.05, 0.1) is 18.9 Å². The summed E-state index contributed by atoms with van der Waals surface area (Å²) >= 11 is 0. The largest absolute Gasteiger partial charge is 0.497 e. The van der Waals surface area contributed by atoms with Crippen LogP contribution in [-0.4, -0.2) is 33.0 Å². The maximum atomic E-state index is 14.1. The number of carbonyl (C=O) groups is 1. The zero-order valence-electron chi connectivity index (χ0n) is 19.1. The molecule has 6 rings (SSSR count). The Labute approximate surface area is 201 Å². The van der Waals surface area contributed by atoms with Gasteiger partial charge in [-0.2, -0.15) is 0 Å². The van der Waals surface area contributed by atoms with E-state index in [4.69, 9.17) is 9.15 Å². The minimum absolute atomic E-state index is 0.148. The molecule has 0 N–H and O–H groups in total. The van der Waals surface area contributed by atoms with E-state index in [1.807, 2.05) is 101 Å². The molecule has 0 unspecified atom stereocenters. The SMILES string of the molecule is COc1ccc(N2C(=O)N(Cc3ccccc3)[C@H](n3nnc4ccccc43)[C@H]2c2ccco2)cc1. The number of nitrogens with zero attached hydrogens (tertiary/aromatic N) is 5. The summed E-state index contributed by atoms with van der Waals surface area (Å²) in [5, 5.41) is 8.88. The fraction of sp³-hybridized carbons (Fsp3) is 0.148. The molecule has 3 heterocycles. The topological polar surface area (TPSA) is 76.6 Å². The number of urea groups is 1. The van der Waals surface area contributed by atoms with Gasteiger partial charge in [0.1, 0.15) is 23.1 Å². The normalized spacial score (nSPS) is 17.9. The molecular formula is C27H23N5O3. The molecule has 174 valence electrons. The lowest BCUT2D eigenvalue weighted by Crippen LogP contribution is -2.33. The average Bonchev–Trinajstić information content (AvgIpc) is 3.64. The quantitative estimate of drug-likeness (QED) is 0.335. The van der Waals surface area contributed by atoms with E-state index >= 15 is 0 Å². The van der Waals surface area contributed by atoms with E-state index in [9.17, 15) is 4.79 Å². The van der Waals surface area contributed by atoms with Gasteiger partial charge >= 0.3 is 6.03 Å². The summed E-state index contributed by atoms with van der Waals surface area (Å²) in [7, 11) is 1.62. The number of anilines is 1. The van der Waals surface area contributed by atoms with Gasteiger partial charge in [-0.25, -0.2) is 9.48 Å². The van der Waals surface area contributed by atoms with Crippen LogP contribution in [0.25, 0.3) is 11.0 Å². The number of fused-ring (bicyclic) bond motifs is 1. The van der Waals surface area contributed by atoms with Crippen LogP contribution < -0.4 is 9.64 Å². The first-order valence-electron chi connectivity index (χ1n) is 11.4. The molecule has 2 atom stereocenters. The molecule has 0 bridgehead atoms. The van der Waals surface area contributed by atoms with E-state index in [1.54, 1.807) is 18.3 Å². The van der Waals surface area contributed by atoms with E-state index in [1.165, 1.54) is 0 Å². The molecule has 1 aliphatic rings. The van der Waals surface area contributed by atoms with Crippen molar-refractivity contribution in [3.8, 4) is 5.75 Å². The number of hydrogen-bond donors (Lipinski definition) is 0. The third kappa shape index (κ3) is 3.59. The van der Waals surface area contributed by atoms with Gasteiger partial charge in [0.15, 0.2) is 6.17 Å². The summed E-state index contributed by atoms with van der Waals surface area (Å²) in [6.45, 7) is 0.405. The predicted molar refractivity (Wildman–Crippen MR) is 131 cm³/mol. The minimum Gasteiger partial charge on any atom is -0.497 e. The first-order chi connectivity index (χ1) is 17.2. The Morgan fingerprint density at radius 3 is 2.43 bits per heavy atom. The van der Waals surface area contributed by atoms with Gasteiger partial charge in [0, 0.05) is 12.2 Å². The van der Waals surface area contributed by atoms with Crippen molar-refractivity contribution in [1.82, 2.24) is 19.9 Å². The Morgan fingerprint density at radius 2 is 1.69 bits per heavy atom. The number of hydrogen-bond acceptors (Lipinski definition) is 5. The van der Waals surface area contributed by atoms with Crippen LogP contribution in [0, 0.1) is 0 Å². The van der Waals surface area contributed by atoms with Crippen LogP contribution in [-0.2, 0) is 6.54 Å². The highest BCUT2D eigenvalue weighted by molar-refractivity contribution is 5.95. The standard InChI is InChI=1S/C27H23N5O3/c1-34-21-15-13-20(14-16-21)31-25(24-12-7-17-35-24)26(32-23-11-6-5-10-22(23)28-29-32)30(27(31)33)18-19-8-3-2-4-9-19/h2-17,25-26H,18H2,1H3/t25-,26-/m1/s1. The van der Waals surface area contributed by atoms with Crippen molar-refractivity contribution < 1.29 is 13.9 Å². The van der Waals surface area contributed by atoms with Crippen molar-refractivity contribution in [3.63, 3.8) is 0 Å². The van der Waals surface area contributed by atoms with Gasteiger partial charge in [-0.1, -0.05) is 47.7 Å². The predicted octanol–water partition coefficient (Wildman–Crippen LogP) is 5.42. The molecule has 3 aromatic carbocycles. The summed E-state index contributed by atoms with van der Waals surface area (Å²) in [6.07, 6.45) is 1.13. The molecule has 35 heavy (non-hydrogen) atoms. The smallest absolute Gasteiger partial charge is 0.327 e. The summed E-state index contributed by atoms with van der Waals surface area (Å²) < 4.78 is 13.1. The van der Waals surface area contributed by atoms with Crippen molar-refractivity contribution in [1.29, 1.82) is 0 Å². The molecule has 0 spiro atoms. The van der Waals surface area contributed by atoms with Gasteiger partial charge in [0.25, 0.3) is 0 Å². The van der Waals surface area contributed by atoms with E-state index < -0.39 is 12.2 Å². The van der Waals surface area contributed by atoms with Gasteiger partial charge in [0.2, 0.25) is 0 Å². The number of furan rings is 1. The fourth-order valence-corrected chi connectivity index (χ4v) is 4.71. The van der Waals surface area contributed by atoms with Crippen molar-refractivity contribution in [2.45, 2.75) is 18.8 Å². The van der Waals surface area contributed by atoms with E-state index in [2.05, 4.69) is 10.3 Å². The van der Waals surface area contributed by atoms with Crippen LogP contribution in [0.1, 0.15) is 23.5 Å². The first-order valence-corrected chi connectivity index (χ1v) is 11.4. The lowest BCUT2D eigenvalue weighted by atomic mass is 10.1. The van der Waals surface area contributed by atoms with Crippen molar-refractivity contribution in [3.05, 3.63) is 109 Å². The van der Waals surface area contributed by atoms with Gasteiger partial charge in [-0.15, -0.1) is 5.10 Å². The molecule has 1 saturated heterocycles. The van der Waals surface area contributed by atoms with Crippen LogP contribution >= 0.6 is 0 Å². The molecule has 0 radical (unpaired) electrons. The van der Waals surface area contributed by atoms with Crippen LogP contribution in [0.3, 0.4) is 0 Å². The average molecular weight is 466 g/mol. The first kappa shape index (κ1) is 21.0. The summed E-state index contributed by atoms with van der Waals surface area (Å²) in [6, 6.07) is 28.3. The molecule has 1 fully saturated rings. The van der Waals surface area contributed by atoms with Crippen LogP contribution in [0.5, 0.6) is 5.75 Å². The number of carbonyl (C=O) groups excluding carboxylic acids is 1. The third-order valence-corrected chi connectivity index (χ3v) is 6.34. The van der Waals surface area contributed by atoms with Crippen LogP contribution in [0.2, 0.25) is 0 Å². The molecular weight excluding hydrogens is 442 g/mol. The summed E-state index contributed by atoms with van der Waals surface area (Å²) in [5.74, 6) is 1.38. The molecule has 2 aromatic heterocycles. The molecule has 8 nitrogen and oxygen atoms in total. The molecule has 1 aliphatic heterocycles. The zero-order chi connectivity index (χ0) is 23.8. The Morgan fingerprint density at radius 1 is 0.914 bits per heavy atom. The lowest BCUT2D eigenvalue weighted by molar-refractivity contribution is 0.159. The maximum Gasteiger partial charge on any atom is 0.327 e. The third-order valence-electron chi connectivity index (χ3n) is 6.34. The molecule has 0 aliphatic carbocycles. The van der Waals surface area contributed by atoms with Crippen molar-refractivity contribution >= 4 is 22.8 Å².